The number of hydrogen-bond donors (Lipinski definition) is 0. The lowest BCUT2D eigenvalue weighted by Gasteiger charge is -2.11. The second-order valence-electron chi connectivity index (χ2n) is 3.71. The third-order valence-electron chi connectivity index (χ3n) is 2.43. The van der Waals surface area contributed by atoms with E-state index in [2.05, 4.69) is 0 Å². The standard InChI is InChI=1S/C12H14N2O/c1-11(10-13-6-2-3-7-13)12(15)14-8-4-5-9-14/h2-9,11H,10H2,1H3. The molecule has 0 aliphatic rings. The molecular weight excluding hydrogens is 188 g/mol. The van der Waals surface area contributed by atoms with E-state index in [1.54, 1.807) is 17.0 Å². The molecule has 1 unspecified atom stereocenters. The van der Waals surface area contributed by atoms with E-state index in [4.69, 9.17) is 0 Å². The first-order chi connectivity index (χ1) is 7.27. The van der Waals surface area contributed by atoms with Crippen LogP contribution in [-0.4, -0.2) is 15.0 Å². The third-order valence-corrected chi connectivity index (χ3v) is 2.43. The Morgan fingerprint density at radius 2 is 1.60 bits per heavy atom. The smallest absolute Gasteiger partial charge is 0.235 e. The van der Waals surface area contributed by atoms with E-state index < -0.39 is 0 Å². The zero-order valence-corrected chi connectivity index (χ0v) is 8.71. The first-order valence-corrected chi connectivity index (χ1v) is 5.05. The van der Waals surface area contributed by atoms with Crippen LogP contribution in [0.3, 0.4) is 0 Å². The Morgan fingerprint density at radius 1 is 1.07 bits per heavy atom. The van der Waals surface area contributed by atoms with E-state index in [1.165, 1.54) is 0 Å². The molecule has 0 aromatic carbocycles. The van der Waals surface area contributed by atoms with Crippen LogP contribution in [0.4, 0.5) is 0 Å². The van der Waals surface area contributed by atoms with Crippen LogP contribution in [-0.2, 0) is 6.54 Å². The van der Waals surface area contributed by atoms with Gasteiger partial charge in [0, 0.05) is 31.3 Å². The fourth-order valence-electron chi connectivity index (χ4n) is 1.62. The lowest BCUT2D eigenvalue weighted by molar-refractivity contribution is 0.0833. The summed E-state index contributed by atoms with van der Waals surface area (Å²) in [6, 6.07) is 7.65. The molecule has 0 saturated carbocycles. The largest absolute Gasteiger partial charge is 0.353 e. The van der Waals surface area contributed by atoms with Gasteiger partial charge in [0.15, 0.2) is 0 Å². The molecule has 2 rings (SSSR count). The molecule has 0 saturated heterocycles. The Kier molecular flexibility index (Phi) is 2.72. The summed E-state index contributed by atoms with van der Waals surface area (Å²) in [7, 11) is 0. The minimum atomic E-state index is -0.00944. The van der Waals surface area contributed by atoms with Crippen LogP contribution in [0, 0.1) is 5.92 Å². The van der Waals surface area contributed by atoms with Crippen LogP contribution >= 0.6 is 0 Å². The Balaban J connectivity index is 2.03. The maximum atomic E-state index is 11.9. The maximum Gasteiger partial charge on any atom is 0.235 e. The summed E-state index contributed by atoms with van der Waals surface area (Å²) in [6.07, 6.45) is 7.52. The van der Waals surface area contributed by atoms with E-state index in [0.29, 0.717) is 0 Å². The molecule has 0 amide bonds. The summed E-state index contributed by atoms with van der Waals surface area (Å²) in [5, 5.41) is 0. The molecule has 78 valence electrons. The molecule has 2 aromatic heterocycles. The molecular formula is C12H14N2O. The van der Waals surface area contributed by atoms with Crippen molar-refractivity contribution in [3.63, 3.8) is 0 Å². The monoisotopic (exact) mass is 202 g/mol. The van der Waals surface area contributed by atoms with Crippen LogP contribution in [0.15, 0.2) is 49.1 Å². The van der Waals surface area contributed by atoms with Gasteiger partial charge in [0.1, 0.15) is 0 Å². The third kappa shape index (κ3) is 2.18. The maximum absolute atomic E-state index is 11.9. The molecule has 0 spiro atoms. The van der Waals surface area contributed by atoms with Gasteiger partial charge < -0.3 is 4.57 Å². The van der Waals surface area contributed by atoms with Crippen molar-refractivity contribution < 1.29 is 4.79 Å². The lowest BCUT2D eigenvalue weighted by atomic mass is 10.1. The van der Waals surface area contributed by atoms with E-state index >= 15 is 0 Å². The van der Waals surface area contributed by atoms with Crippen molar-refractivity contribution in [3.05, 3.63) is 49.1 Å². The van der Waals surface area contributed by atoms with Gasteiger partial charge in [0.25, 0.3) is 0 Å². The number of carbonyl (C=O) groups excluding carboxylic acids is 1. The lowest BCUT2D eigenvalue weighted by Crippen LogP contribution is -2.21. The molecule has 3 nitrogen and oxygen atoms in total. The van der Waals surface area contributed by atoms with Crippen molar-refractivity contribution in [2.24, 2.45) is 5.92 Å². The second-order valence-corrected chi connectivity index (χ2v) is 3.71. The Labute approximate surface area is 88.9 Å². The number of nitrogens with zero attached hydrogens (tertiary/aromatic N) is 2. The summed E-state index contributed by atoms with van der Waals surface area (Å²) in [4.78, 5) is 11.9. The van der Waals surface area contributed by atoms with E-state index in [-0.39, 0.29) is 11.8 Å². The van der Waals surface area contributed by atoms with Crippen LogP contribution in [0.1, 0.15) is 11.7 Å². The van der Waals surface area contributed by atoms with Gasteiger partial charge in [0.2, 0.25) is 5.91 Å². The van der Waals surface area contributed by atoms with Crippen molar-refractivity contribution in [2.45, 2.75) is 13.5 Å². The van der Waals surface area contributed by atoms with Gasteiger partial charge >= 0.3 is 0 Å². The molecule has 0 fully saturated rings. The molecule has 0 radical (unpaired) electrons. The summed E-state index contributed by atoms with van der Waals surface area (Å²) in [5.74, 6) is 0.124. The highest BCUT2D eigenvalue weighted by atomic mass is 16.2. The molecule has 1 atom stereocenters. The molecule has 0 aliphatic heterocycles. The number of rotatable bonds is 3. The molecule has 15 heavy (non-hydrogen) atoms. The summed E-state index contributed by atoms with van der Waals surface area (Å²) in [6.45, 7) is 2.67. The number of carbonyl (C=O) groups is 1. The van der Waals surface area contributed by atoms with Gasteiger partial charge in [-0.2, -0.15) is 0 Å². The van der Waals surface area contributed by atoms with Crippen LogP contribution in [0.25, 0.3) is 0 Å². The van der Waals surface area contributed by atoms with E-state index in [1.807, 2.05) is 48.1 Å². The summed E-state index contributed by atoms with van der Waals surface area (Å²) >= 11 is 0. The predicted molar refractivity (Wildman–Crippen MR) is 58.7 cm³/mol. The number of aromatic nitrogens is 2. The molecule has 0 aliphatic carbocycles. The first-order valence-electron chi connectivity index (χ1n) is 5.05. The Morgan fingerprint density at radius 3 is 2.20 bits per heavy atom. The number of hydrogen-bond acceptors (Lipinski definition) is 1. The molecule has 0 bridgehead atoms. The van der Waals surface area contributed by atoms with Crippen molar-refractivity contribution in [2.75, 3.05) is 0 Å². The average Bonchev–Trinajstić information content (AvgIpc) is 2.88. The zero-order chi connectivity index (χ0) is 10.7. The quantitative estimate of drug-likeness (QED) is 0.750. The molecule has 3 heteroatoms. The van der Waals surface area contributed by atoms with Gasteiger partial charge in [-0.05, 0) is 24.3 Å². The Hall–Kier alpha value is -1.77. The van der Waals surface area contributed by atoms with Crippen LogP contribution < -0.4 is 0 Å². The van der Waals surface area contributed by atoms with Gasteiger partial charge in [0.05, 0.1) is 5.92 Å². The van der Waals surface area contributed by atoms with Crippen molar-refractivity contribution >= 4 is 5.91 Å². The van der Waals surface area contributed by atoms with Crippen LogP contribution in [0.2, 0.25) is 0 Å². The summed E-state index contributed by atoms with van der Waals surface area (Å²) in [5.41, 5.74) is 0. The minimum absolute atomic E-state index is 0.00944. The molecule has 2 heterocycles. The fraction of sp³-hybridized carbons (Fsp3) is 0.250. The van der Waals surface area contributed by atoms with Crippen molar-refractivity contribution in [1.82, 2.24) is 9.13 Å². The normalized spacial score (nSPS) is 12.6. The van der Waals surface area contributed by atoms with E-state index in [9.17, 15) is 4.79 Å². The Bertz CT molecular complexity index is 414. The van der Waals surface area contributed by atoms with Crippen molar-refractivity contribution in [1.29, 1.82) is 0 Å². The van der Waals surface area contributed by atoms with Crippen LogP contribution in [0.5, 0.6) is 0 Å². The topological polar surface area (TPSA) is 26.9 Å². The van der Waals surface area contributed by atoms with Crippen molar-refractivity contribution in [3.8, 4) is 0 Å². The van der Waals surface area contributed by atoms with Gasteiger partial charge in [-0.3, -0.25) is 9.36 Å². The summed E-state index contributed by atoms with van der Waals surface area (Å²) < 4.78 is 3.65. The highest BCUT2D eigenvalue weighted by molar-refractivity contribution is 5.80. The fourth-order valence-corrected chi connectivity index (χ4v) is 1.62. The highest BCUT2D eigenvalue weighted by Crippen LogP contribution is 2.05. The van der Waals surface area contributed by atoms with E-state index in [0.717, 1.165) is 6.54 Å². The SMILES string of the molecule is CC(Cn1cccc1)C(=O)n1cccc1. The van der Waals surface area contributed by atoms with Gasteiger partial charge in [-0.1, -0.05) is 6.92 Å². The van der Waals surface area contributed by atoms with Gasteiger partial charge in [-0.15, -0.1) is 0 Å². The molecule has 0 N–H and O–H groups in total. The minimum Gasteiger partial charge on any atom is -0.353 e. The molecule has 2 aromatic rings. The average molecular weight is 202 g/mol. The zero-order valence-electron chi connectivity index (χ0n) is 8.71. The second kappa shape index (κ2) is 4.17. The first kappa shape index (κ1) is 9.77. The predicted octanol–water partition coefficient (Wildman–Crippen LogP) is 2.27. The van der Waals surface area contributed by atoms with Gasteiger partial charge in [-0.25, -0.2) is 0 Å². The highest BCUT2D eigenvalue weighted by Gasteiger charge is 2.13.